The minimum Gasteiger partial charge on any atom is -0.396 e. The largest absolute Gasteiger partial charge is 0.396 e. The highest BCUT2D eigenvalue weighted by Gasteiger charge is 2.74. The molecule has 1 N–H and O–H groups in total. The molecule has 2 fully saturated rings. The van der Waals surface area contributed by atoms with Crippen molar-refractivity contribution in [1.82, 2.24) is 14.7 Å². The Morgan fingerprint density at radius 1 is 0.971 bits per heavy atom. The van der Waals surface area contributed by atoms with Gasteiger partial charge in [0.15, 0.2) is 0 Å². The first kappa shape index (κ1) is 23.8. The summed E-state index contributed by atoms with van der Waals surface area (Å²) >= 11 is 0. The van der Waals surface area contributed by atoms with E-state index in [9.17, 15) is 19.5 Å². The van der Waals surface area contributed by atoms with Gasteiger partial charge in [-0.15, -0.1) is 0 Å². The molecule has 4 aliphatic rings. The second-order valence-corrected chi connectivity index (χ2v) is 10.2. The number of hydrogen-bond acceptors (Lipinski definition) is 5. The molecule has 0 aromatic heterocycles. The Labute approximate surface area is 205 Å². The molecule has 8 nitrogen and oxygen atoms in total. The molecule has 5 atom stereocenters. The predicted octanol–water partition coefficient (Wildman–Crippen LogP) is 1.36. The zero-order chi connectivity index (χ0) is 24.8. The van der Waals surface area contributed by atoms with E-state index in [2.05, 4.69) is 0 Å². The number of likely N-dealkylation sites (tertiary alicyclic amines) is 1. The predicted molar refractivity (Wildman–Crippen MR) is 129 cm³/mol. The summed E-state index contributed by atoms with van der Waals surface area (Å²) in [6.45, 7) is 3.46. The van der Waals surface area contributed by atoms with Gasteiger partial charge < -0.3 is 24.5 Å². The first-order valence-corrected chi connectivity index (χ1v) is 12.4. The highest BCUT2D eigenvalue weighted by Crippen LogP contribution is 2.57. The average Bonchev–Trinajstić information content (AvgIpc) is 3.12. The zero-order valence-corrected chi connectivity index (χ0v) is 20.3. The number of amides is 3. The minimum atomic E-state index is -1.23. The van der Waals surface area contributed by atoms with Crippen LogP contribution in [-0.2, 0) is 25.7 Å². The Bertz CT molecular complexity index is 1070. The van der Waals surface area contributed by atoms with Crippen LogP contribution in [0.15, 0.2) is 54.6 Å². The third-order valence-corrected chi connectivity index (χ3v) is 7.87. The second-order valence-electron chi connectivity index (χ2n) is 10.2. The molecule has 1 spiro atoms. The van der Waals surface area contributed by atoms with Crippen molar-refractivity contribution in [3.05, 3.63) is 60.2 Å². The summed E-state index contributed by atoms with van der Waals surface area (Å²) in [5.74, 6) is -2.06. The van der Waals surface area contributed by atoms with Gasteiger partial charge in [-0.3, -0.25) is 14.4 Å². The monoisotopic (exact) mass is 479 g/mol. The van der Waals surface area contributed by atoms with Gasteiger partial charge in [0.1, 0.15) is 11.6 Å². The SMILES string of the molecule is CN1CC=C[C@@]2(C)O[C@]34C=CCN(Cc5ccccc5)C(=O)C3N(CCCCO)C(=O)[C@@H]4[C@H]2C1=O. The molecular formula is C27H33N3O5. The molecule has 1 unspecified atom stereocenters. The molecular weight excluding hydrogens is 446 g/mol. The first-order valence-electron chi connectivity index (χ1n) is 12.4. The molecule has 0 radical (unpaired) electrons. The van der Waals surface area contributed by atoms with Crippen LogP contribution in [0.1, 0.15) is 25.3 Å². The normalized spacial score (nSPS) is 34.1. The number of hydrogen-bond donors (Lipinski definition) is 1. The molecule has 1 aromatic carbocycles. The summed E-state index contributed by atoms with van der Waals surface area (Å²) in [4.78, 5) is 46.6. The Morgan fingerprint density at radius 2 is 1.71 bits per heavy atom. The summed E-state index contributed by atoms with van der Waals surface area (Å²) in [5.41, 5.74) is -1.21. The smallest absolute Gasteiger partial charge is 0.249 e. The van der Waals surface area contributed by atoms with E-state index in [4.69, 9.17) is 4.74 Å². The van der Waals surface area contributed by atoms with Gasteiger partial charge >= 0.3 is 0 Å². The number of carbonyl (C=O) groups excluding carboxylic acids is 3. The van der Waals surface area contributed by atoms with Gasteiger partial charge in [0.25, 0.3) is 0 Å². The van der Waals surface area contributed by atoms with Crippen LogP contribution in [0.5, 0.6) is 0 Å². The number of aliphatic hydroxyl groups excluding tert-OH is 1. The zero-order valence-electron chi connectivity index (χ0n) is 20.3. The molecule has 3 amide bonds. The maximum atomic E-state index is 14.1. The van der Waals surface area contributed by atoms with Crippen LogP contribution >= 0.6 is 0 Å². The number of carbonyl (C=O) groups is 3. The molecule has 5 rings (SSSR count). The van der Waals surface area contributed by atoms with Crippen molar-refractivity contribution in [3.8, 4) is 0 Å². The number of benzene rings is 1. The molecule has 4 aliphatic heterocycles. The van der Waals surface area contributed by atoms with E-state index in [0.717, 1.165) is 5.56 Å². The first-order chi connectivity index (χ1) is 16.8. The van der Waals surface area contributed by atoms with Crippen LogP contribution in [0, 0.1) is 11.8 Å². The van der Waals surface area contributed by atoms with Crippen LogP contribution in [-0.4, -0.2) is 88.1 Å². The highest BCUT2D eigenvalue weighted by atomic mass is 16.5. The molecule has 0 aliphatic carbocycles. The number of fused-ring (bicyclic) bond motifs is 2. The minimum absolute atomic E-state index is 0.0144. The van der Waals surface area contributed by atoms with Gasteiger partial charge in [0.05, 0.1) is 17.4 Å². The Hall–Kier alpha value is -2.97. The van der Waals surface area contributed by atoms with Crippen molar-refractivity contribution in [2.75, 3.05) is 33.3 Å². The number of nitrogens with zero attached hydrogens (tertiary/aromatic N) is 3. The lowest BCUT2D eigenvalue weighted by Gasteiger charge is -2.37. The van der Waals surface area contributed by atoms with Crippen molar-refractivity contribution in [2.24, 2.45) is 11.8 Å². The summed E-state index contributed by atoms with van der Waals surface area (Å²) < 4.78 is 6.74. The molecule has 0 bridgehead atoms. The van der Waals surface area contributed by atoms with Gasteiger partial charge in [-0.2, -0.15) is 0 Å². The van der Waals surface area contributed by atoms with Crippen molar-refractivity contribution in [3.63, 3.8) is 0 Å². The quantitative estimate of drug-likeness (QED) is 0.492. The van der Waals surface area contributed by atoms with E-state index in [0.29, 0.717) is 39.0 Å². The third-order valence-electron chi connectivity index (χ3n) is 7.87. The third kappa shape index (κ3) is 3.70. The number of aliphatic hydroxyl groups is 1. The number of rotatable bonds is 6. The second kappa shape index (κ2) is 8.91. The lowest BCUT2D eigenvalue weighted by molar-refractivity contribution is -0.152. The van der Waals surface area contributed by atoms with Crippen LogP contribution in [0.25, 0.3) is 0 Å². The summed E-state index contributed by atoms with van der Waals surface area (Å²) in [6.07, 6.45) is 8.65. The molecule has 2 saturated heterocycles. The van der Waals surface area contributed by atoms with E-state index >= 15 is 0 Å². The van der Waals surface area contributed by atoms with E-state index in [1.807, 2.05) is 61.6 Å². The lowest BCUT2D eigenvalue weighted by Crippen LogP contribution is -2.55. The molecule has 186 valence electrons. The number of unbranched alkanes of at least 4 members (excludes halogenated alkanes) is 1. The summed E-state index contributed by atoms with van der Waals surface area (Å²) in [7, 11) is 1.73. The van der Waals surface area contributed by atoms with Gasteiger partial charge in [-0.25, -0.2) is 0 Å². The van der Waals surface area contributed by atoms with Gasteiger partial charge in [0.2, 0.25) is 17.7 Å². The number of likely N-dealkylation sites (N-methyl/N-ethyl adjacent to an activating group) is 1. The highest BCUT2D eigenvalue weighted by molar-refractivity contribution is 6.00. The fourth-order valence-electron chi connectivity index (χ4n) is 6.27. The summed E-state index contributed by atoms with van der Waals surface area (Å²) in [5, 5.41) is 9.31. The molecule has 4 heterocycles. The fraction of sp³-hybridized carbons (Fsp3) is 0.519. The van der Waals surface area contributed by atoms with E-state index in [-0.39, 0.29) is 24.3 Å². The molecule has 35 heavy (non-hydrogen) atoms. The van der Waals surface area contributed by atoms with Gasteiger partial charge in [0, 0.05) is 39.8 Å². The topological polar surface area (TPSA) is 90.4 Å². The van der Waals surface area contributed by atoms with Crippen molar-refractivity contribution < 1.29 is 24.2 Å². The van der Waals surface area contributed by atoms with Crippen LogP contribution in [0.4, 0.5) is 0 Å². The Morgan fingerprint density at radius 3 is 2.46 bits per heavy atom. The van der Waals surface area contributed by atoms with Crippen LogP contribution < -0.4 is 0 Å². The maximum absolute atomic E-state index is 14.1. The fourth-order valence-corrected chi connectivity index (χ4v) is 6.27. The van der Waals surface area contributed by atoms with Crippen molar-refractivity contribution in [2.45, 2.75) is 43.6 Å². The van der Waals surface area contributed by atoms with Crippen LogP contribution in [0.3, 0.4) is 0 Å². The van der Waals surface area contributed by atoms with Crippen LogP contribution in [0.2, 0.25) is 0 Å². The number of ether oxygens (including phenoxy) is 1. The maximum Gasteiger partial charge on any atom is 0.249 e. The molecule has 0 saturated carbocycles. The van der Waals surface area contributed by atoms with Gasteiger partial charge in [-0.05, 0) is 25.3 Å². The van der Waals surface area contributed by atoms with Gasteiger partial charge in [-0.1, -0.05) is 54.6 Å². The molecule has 8 heteroatoms. The Kier molecular flexibility index (Phi) is 6.05. The molecule has 1 aromatic rings. The Balaban J connectivity index is 1.57. The summed E-state index contributed by atoms with van der Waals surface area (Å²) in [6, 6.07) is 8.90. The van der Waals surface area contributed by atoms with E-state index in [1.165, 1.54) is 0 Å². The lowest BCUT2D eigenvalue weighted by atomic mass is 9.74. The standard InChI is InChI=1S/C27H33N3O5/c1-26-12-8-14-28(2)23(32)20(26)21-24(33)30(16-6-7-17-31)22-25(34)29(15-9-13-27(21,22)35-26)18-19-10-4-3-5-11-19/h3-5,8-13,20-22,31H,6-7,14-18H2,1-2H3/t20-,21-,22?,26+,27-/m0/s1. The van der Waals surface area contributed by atoms with E-state index < -0.39 is 29.1 Å². The average molecular weight is 480 g/mol. The van der Waals surface area contributed by atoms with Crippen molar-refractivity contribution in [1.29, 1.82) is 0 Å². The van der Waals surface area contributed by atoms with Crippen molar-refractivity contribution >= 4 is 17.7 Å². The van der Waals surface area contributed by atoms with E-state index in [1.54, 1.807) is 21.7 Å².